The number of aryl methyl sites for hydroxylation is 1. The maximum atomic E-state index is 9.92. The van der Waals surface area contributed by atoms with Crippen LogP contribution in [0.25, 0.3) is 0 Å². The van der Waals surface area contributed by atoms with E-state index in [0.717, 1.165) is 16.9 Å². The minimum absolute atomic E-state index is 0.315. The van der Waals surface area contributed by atoms with Crippen LogP contribution in [0.5, 0.6) is 5.75 Å². The molecule has 0 spiro atoms. The molecular formula is C17H27ClO3. The number of halogens is 1. The van der Waals surface area contributed by atoms with E-state index in [-0.39, 0.29) is 0 Å². The minimum Gasteiger partial charge on any atom is -0.493 e. The van der Waals surface area contributed by atoms with Gasteiger partial charge in [-0.15, -0.1) is 0 Å². The van der Waals surface area contributed by atoms with E-state index in [1.54, 1.807) is 0 Å². The maximum absolute atomic E-state index is 9.92. The molecule has 120 valence electrons. The quantitative estimate of drug-likeness (QED) is 0.764. The van der Waals surface area contributed by atoms with E-state index >= 15 is 0 Å². The first-order chi connectivity index (χ1) is 9.90. The highest BCUT2D eigenvalue weighted by Gasteiger charge is 2.18. The Balaban J connectivity index is 2.99. The molecule has 0 saturated heterocycles. The van der Waals surface area contributed by atoms with Crippen LogP contribution in [0.15, 0.2) is 12.1 Å². The molecule has 0 aliphatic carbocycles. The lowest BCUT2D eigenvalue weighted by molar-refractivity contribution is 0.0130. The smallest absolute Gasteiger partial charge is 0.126 e. The van der Waals surface area contributed by atoms with Gasteiger partial charge in [0.1, 0.15) is 5.75 Å². The van der Waals surface area contributed by atoms with E-state index in [2.05, 4.69) is 13.8 Å². The lowest BCUT2D eigenvalue weighted by Crippen LogP contribution is -2.25. The van der Waals surface area contributed by atoms with E-state index in [1.807, 2.05) is 26.0 Å². The van der Waals surface area contributed by atoms with Crippen molar-refractivity contribution in [2.75, 3.05) is 6.61 Å². The molecule has 3 nitrogen and oxygen atoms in total. The molecule has 0 aliphatic heterocycles. The second-order valence-electron chi connectivity index (χ2n) is 5.65. The van der Waals surface area contributed by atoms with Crippen molar-refractivity contribution in [1.82, 2.24) is 0 Å². The molecule has 0 radical (unpaired) electrons. The van der Waals surface area contributed by atoms with Gasteiger partial charge < -0.3 is 14.9 Å². The summed E-state index contributed by atoms with van der Waals surface area (Å²) in [6, 6.07) is 3.83. The first kappa shape index (κ1) is 18.3. The van der Waals surface area contributed by atoms with Gasteiger partial charge in [-0.1, -0.05) is 32.4 Å². The number of ether oxygens (including phenoxy) is 1. The molecule has 0 fully saturated rings. The second kappa shape index (κ2) is 8.62. The Morgan fingerprint density at radius 2 is 1.81 bits per heavy atom. The van der Waals surface area contributed by atoms with Crippen LogP contribution in [0.2, 0.25) is 5.02 Å². The van der Waals surface area contributed by atoms with Gasteiger partial charge in [0.15, 0.2) is 0 Å². The van der Waals surface area contributed by atoms with E-state index in [4.69, 9.17) is 16.3 Å². The van der Waals surface area contributed by atoms with Crippen LogP contribution < -0.4 is 4.74 Å². The van der Waals surface area contributed by atoms with Gasteiger partial charge >= 0.3 is 0 Å². The van der Waals surface area contributed by atoms with Crippen molar-refractivity contribution in [3.63, 3.8) is 0 Å². The highest BCUT2D eigenvalue weighted by molar-refractivity contribution is 6.30. The predicted molar refractivity (Wildman–Crippen MR) is 87.3 cm³/mol. The summed E-state index contributed by atoms with van der Waals surface area (Å²) in [5, 5.41) is 20.3. The fourth-order valence-electron chi connectivity index (χ4n) is 2.38. The lowest BCUT2D eigenvalue weighted by Gasteiger charge is -2.20. The molecule has 0 aromatic heterocycles. The van der Waals surface area contributed by atoms with Gasteiger partial charge in [-0.25, -0.2) is 0 Å². The Morgan fingerprint density at radius 3 is 2.33 bits per heavy atom. The SMILES string of the molecule is CCOc1c(CCC(O)C(O)CC)cc(Cl)cc1C(C)C. The highest BCUT2D eigenvalue weighted by Crippen LogP contribution is 2.34. The van der Waals surface area contributed by atoms with E-state index in [0.29, 0.717) is 36.8 Å². The zero-order chi connectivity index (χ0) is 16.0. The first-order valence-corrected chi connectivity index (χ1v) is 8.09. The van der Waals surface area contributed by atoms with Gasteiger partial charge in [-0.2, -0.15) is 0 Å². The van der Waals surface area contributed by atoms with Gasteiger partial charge in [-0.05, 0) is 55.4 Å². The van der Waals surface area contributed by atoms with Gasteiger partial charge in [0.2, 0.25) is 0 Å². The summed E-state index contributed by atoms with van der Waals surface area (Å²) >= 11 is 6.20. The third-order valence-corrected chi connectivity index (χ3v) is 3.86. The molecule has 4 heteroatoms. The number of aliphatic hydroxyl groups is 2. The average Bonchev–Trinajstić information content (AvgIpc) is 2.45. The van der Waals surface area contributed by atoms with Gasteiger partial charge in [-0.3, -0.25) is 0 Å². The lowest BCUT2D eigenvalue weighted by atomic mass is 9.95. The Kier molecular flexibility index (Phi) is 7.50. The maximum Gasteiger partial charge on any atom is 0.126 e. The number of hydrogen-bond acceptors (Lipinski definition) is 3. The number of rotatable bonds is 8. The monoisotopic (exact) mass is 314 g/mol. The van der Waals surface area contributed by atoms with Crippen LogP contribution in [0.3, 0.4) is 0 Å². The summed E-state index contributed by atoms with van der Waals surface area (Å²) in [7, 11) is 0. The summed E-state index contributed by atoms with van der Waals surface area (Å²) in [5.74, 6) is 1.19. The largest absolute Gasteiger partial charge is 0.493 e. The Hall–Kier alpha value is -0.770. The van der Waals surface area contributed by atoms with E-state index in [9.17, 15) is 10.2 Å². The van der Waals surface area contributed by atoms with Crippen molar-refractivity contribution >= 4 is 11.6 Å². The third-order valence-electron chi connectivity index (χ3n) is 3.64. The van der Waals surface area contributed by atoms with Crippen molar-refractivity contribution in [1.29, 1.82) is 0 Å². The molecular weight excluding hydrogens is 288 g/mol. The van der Waals surface area contributed by atoms with Crippen LogP contribution in [-0.2, 0) is 6.42 Å². The molecule has 0 saturated carbocycles. The summed E-state index contributed by atoms with van der Waals surface area (Å²) in [6.07, 6.45) is 0.280. The minimum atomic E-state index is -0.717. The predicted octanol–water partition coefficient (Wildman–Crippen LogP) is 3.93. The highest BCUT2D eigenvalue weighted by atomic mass is 35.5. The van der Waals surface area contributed by atoms with Crippen LogP contribution in [0, 0.1) is 0 Å². The number of aliphatic hydroxyl groups excluding tert-OH is 2. The van der Waals surface area contributed by atoms with E-state index in [1.165, 1.54) is 0 Å². The zero-order valence-corrected chi connectivity index (χ0v) is 14.2. The molecule has 1 aromatic rings. The van der Waals surface area contributed by atoms with Gasteiger partial charge in [0.25, 0.3) is 0 Å². The van der Waals surface area contributed by atoms with Crippen LogP contribution in [-0.4, -0.2) is 29.0 Å². The van der Waals surface area contributed by atoms with Gasteiger partial charge in [0.05, 0.1) is 18.8 Å². The molecule has 2 atom stereocenters. The third kappa shape index (κ3) is 5.17. The molecule has 21 heavy (non-hydrogen) atoms. The average molecular weight is 315 g/mol. The molecule has 1 aromatic carbocycles. The summed E-state index contributed by atoms with van der Waals surface area (Å²) in [5.41, 5.74) is 2.08. The number of hydrogen-bond donors (Lipinski definition) is 2. The summed E-state index contributed by atoms with van der Waals surface area (Å²) < 4.78 is 5.80. The fourth-order valence-corrected chi connectivity index (χ4v) is 2.63. The first-order valence-electron chi connectivity index (χ1n) is 7.71. The molecule has 0 bridgehead atoms. The van der Waals surface area contributed by atoms with Crippen molar-refractivity contribution in [3.8, 4) is 5.75 Å². The van der Waals surface area contributed by atoms with Crippen LogP contribution >= 0.6 is 11.6 Å². The standard InChI is InChI=1S/C17H27ClO3/c1-5-15(19)16(20)8-7-12-9-13(18)10-14(11(3)4)17(12)21-6-2/h9-11,15-16,19-20H,5-8H2,1-4H3. The Morgan fingerprint density at radius 1 is 1.14 bits per heavy atom. The topological polar surface area (TPSA) is 49.7 Å². The fraction of sp³-hybridized carbons (Fsp3) is 0.647. The van der Waals surface area contributed by atoms with Crippen molar-refractivity contribution in [2.45, 2.75) is 65.1 Å². The van der Waals surface area contributed by atoms with Crippen LogP contribution in [0.1, 0.15) is 57.6 Å². The van der Waals surface area contributed by atoms with Gasteiger partial charge in [0, 0.05) is 5.02 Å². The molecule has 2 N–H and O–H groups in total. The van der Waals surface area contributed by atoms with Crippen LogP contribution in [0.4, 0.5) is 0 Å². The molecule has 0 aliphatic rings. The Labute approximate surface area is 132 Å². The Bertz CT molecular complexity index is 446. The molecule has 2 unspecified atom stereocenters. The summed E-state index contributed by atoms with van der Waals surface area (Å²) in [4.78, 5) is 0. The second-order valence-corrected chi connectivity index (χ2v) is 6.09. The van der Waals surface area contributed by atoms with Crippen molar-refractivity contribution in [3.05, 3.63) is 28.3 Å². The summed E-state index contributed by atoms with van der Waals surface area (Å²) in [6.45, 7) is 8.61. The molecule has 0 heterocycles. The zero-order valence-electron chi connectivity index (χ0n) is 13.4. The number of benzene rings is 1. The molecule has 0 amide bonds. The normalized spacial score (nSPS) is 14.3. The van der Waals surface area contributed by atoms with Crippen molar-refractivity contribution < 1.29 is 14.9 Å². The van der Waals surface area contributed by atoms with E-state index < -0.39 is 12.2 Å². The van der Waals surface area contributed by atoms with Crippen molar-refractivity contribution in [2.24, 2.45) is 0 Å². The molecule has 1 rings (SSSR count).